The van der Waals surface area contributed by atoms with E-state index in [1.807, 2.05) is 6.92 Å². The zero-order chi connectivity index (χ0) is 13.4. The van der Waals surface area contributed by atoms with E-state index in [2.05, 4.69) is 16.9 Å². The highest BCUT2D eigenvalue weighted by Crippen LogP contribution is 2.20. The largest absolute Gasteiger partial charge is 0.379 e. The third-order valence-corrected chi connectivity index (χ3v) is 4.10. The molecule has 4 nitrogen and oxygen atoms in total. The van der Waals surface area contributed by atoms with Crippen LogP contribution in [0.15, 0.2) is 0 Å². The summed E-state index contributed by atoms with van der Waals surface area (Å²) >= 11 is 1.81. The second kappa shape index (κ2) is 8.64. The average molecular weight is 274 g/mol. The van der Waals surface area contributed by atoms with Crippen LogP contribution >= 0.6 is 11.8 Å². The number of hydrogen-bond donors (Lipinski definition) is 2. The second-order valence-corrected chi connectivity index (χ2v) is 5.95. The standard InChI is InChI=1S/C13H26N2O2S/c1-10(8-9-18-3)14-13(16)15-11-6-4-5-7-12(11)17-2/h10-12H,4-9H2,1-3H3,(H2,14,15,16)/t10-,11+,12+/m0/s1. The Morgan fingerprint density at radius 1 is 1.44 bits per heavy atom. The maximum absolute atomic E-state index is 11.9. The number of carbonyl (C=O) groups excluding carboxylic acids is 1. The molecule has 0 aliphatic heterocycles. The number of rotatable bonds is 6. The normalized spacial score (nSPS) is 25.5. The highest BCUT2D eigenvalue weighted by molar-refractivity contribution is 7.98. The van der Waals surface area contributed by atoms with E-state index in [9.17, 15) is 4.79 Å². The lowest BCUT2D eigenvalue weighted by atomic mass is 9.92. The van der Waals surface area contributed by atoms with Gasteiger partial charge in [-0.2, -0.15) is 11.8 Å². The molecule has 106 valence electrons. The zero-order valence-corrected chi connectivity index (χ0v) is 12.5. The summed E-state index contributed by atoms with van der Waals surface area (Å²) in [6.07, 6.45) is 7.69. The van der Waals surface area contributed by atoms with Crippen LogP contribution in [-0.2, 0) is 4.74 Å². The van der Waals surface area contributed by atoms with Crippen LogP contribution in [0.1, 0.15) is 39.0 Å². The van der Waals surface area contributed by atoms with Crippen molar-refractivity contribution < 1.29 is 9.53 Å². The van der Waals surface area contributed by atoms with Crippen LogP contribution in [0.4, 0.5) is 4.79 Å². The molecule has 0 saturated heterocycles. The van der Waals surface area contributed by atoms with Crippen LogP contribution in [0.3, 0.4) is 0 Å². The Kier molecular flexibility index (Phi) is 7.51. The number of ether oxygens (including phenoxy) is 1. The molecule has 0 unspecified atom stereocenters. The molecule has 2 N–H and O–H groups in total. The van der Waals surface area contributed by atoms with Gasteiger partial charge in [-0.15, -0.1) is 0 Å². The SMILES string of the molecule is CO[C@@H]1CCCC[C@H]1NC(=O)N[C@@H](C)CCSC. The van der Waals surface area contributed by atoms with E-state index in [1.54, 1.807) is 18.9 Å². The van der Waals surface area contributed by atoms with E-state index >= 15 is 0 Å². The molecule has 1 rings (SSSR count). The monoisotopic (exact) mass is 274 g/mol. The van der Waals surface area contributed by atoms with Gasteiger partial charge in [0.05, 0.1) is 12.1 Å². The molecule has 0 spiro atoms. The lowest BCUT2D eigenvalue weighted by molar-refractivity contribution is 0.0451. The predicted octanol–water partition coefficient (Wildman–Crippen LogP) is 2.38. The Morgan fingerprint density at radius 2 is 2.17 bits per heavy atom. The number of methoxy groups -OCH3 is 1. The van der Waals surface area contributed by atoms with Crippen molar-refractivity contribution in [2.24, 2.45) is 0 Å². The van der Waals surface area contributed by atoms with Crippen molar-refractivity contribution >= 4 is 17.8 Å². The summed E-state index contributed by atoms with van der Waals surface area (Å²) in [6.45, 7) is 2.05. The van der Waals surface area contributed by atoms with Gasteiger partial charge in [-0.05, 0) is 38.2 Å². The molecule has 0 bridgehead atoms. The van der Waals surface area contributed by atoms with Gasteiger partial charge in [0.2, 0.25) is 0 Å². The van der Waals surface area contributed by atoms with Crippen LogP contribution in [0.5, 0.6) is 0 Å². The van der Waals surface area contributed by atoms with Crippen molar-refractivity contribution in [2.75, 3.05) is 19.1 Å². The maximum Gasteiger partial charge on any atom is 0.315 e. The molecule has 0 aromatic rings. The number of amides is 2. The Morgan fingerprint density at radius 3 is 2.83 bits per heavy atom. The van der Waals surface area contributed by atoms with E-state index < -0.39 is 0 Å². The summed E-state index contributed by atoms with van der Waals surface area (Å²) in [4.78, 5) is 11.9. The highest BCUT2D eigenvalue weighted by atomic mass is 32.2. The summed E-state index contributed by atoms with van der Waals surface area (Å²) in [6, 6.07) is 0.330. The van der Waals surface area contributed by atoms with Crippen LogP contribution in [0.25, 0.3) is 0 Å². The highest BCUT2D eigenvalue weighted by Gasteiger charge is 2.26. The molecule has 2 amide bonds. The van der Waals surface area contributed by atoms with Gasteiger partial charge in [-0.1, -0.05) is 12.8 Å². The summed E-state index contributed by atoms with van der Waals surface area (Å²) in [5.74, 6) is 1.07. The third kappa shape index (κ3) is 5.48. The first kappa shape index (κ1) is 15.6. The predicted molar refractivity (Wildman–Crippen MR) is 77.2 cm³/mol. The Hall–Kier alpha value is -0.420. The van der Waals surface area contributed by atoms with E-state index in [-0.39, 0.29) is 24.2 Å². The molecule has 5 heteroatoms. The Labute approximate surface area is 115 Å². The number of carbonyl (C=O) groups is 1. The number of nitrogens with one attached hydrogen (secondary N) is 2. The van der Waals surface area contributed by atoms with Gasteiger partial charge in [0.15, 0.2) is 0 Å². The van der Waals surface area contributed by atoms with Crippen LogP contribution in [0.2, 0.25) is 0 Å². The molecule has 18 heavy (non-hydrogen) atoms. The minimum atomic E-state index is -0.0578. The molecule has 1 aliphatic rings. The second-order valence-electron chi connectivity index (χ2n) is 4.97. The lowest BCUT2D eigenvalue weighted by Crippen LogP contribution is -2.51. The average Bonchev–Trinajstić information content (AvgIpc) is 2.36. The molecule has 0 aromatic carbocycles. The smallest absolute Gasteiger partial charge is 0.315 e. The fourth-order valence-corrected chi connectivity index (χ4v) is 2.93. The molecule has 1 saturated carbocycles. The topological polar surface area (TPSA) is 50.4 Å². The summed E-state index contributed by atoms with van der Waals surface area (Å²) < 4.78 is 5.43. The van der Waals surface area contributed by atoms with Gasteiger partial charge in [-0.25, -0.2) is 4.79 Å². The van der Waals surface area contributed by atoms with Crippen molar-refractivity contribution in [2.45, 2.75) is 57.2 Å². The summed E-state index contributed by atoms with van der Waals surface area (Å²) in [5, 5.41) is 6.03. The number of urea groups is 1. The maximum atomic E-state index is 11.9. The van der Waals surface area contributed by atoms with Crippen LogP contribution in [0, 0.1) is 0 Å². The molecule has 0 heterocycles. The van der Waals surface area contributed by atoms with Crippen molar-refractivity contribution in [1.82, 2.24) is 10.6 Å². The minimum absolute atomic E-state index is 0.0578. The van der Waals surface area contributed by atoms with Gasteiger partial charge < -0.3 is 15.4 Å². The molecular formula is C13H26N2O2S. The van der Waals surface area contributed by atoms with Gasteiger partial charge in [0.25, 0.3) is 0 Å². The number of hydrogen-bond acceptors (Lipinski definition) is 3. The number of thioether (sulfide) groups is 1. The molecule has 1 aliphatic carbocycles. The van der Waals surface area contributed by atoms with Crippen LogP contribution < -0.4 is 10.6 Å². The molecule has 1 fully saturated rings. The fraction of sp³-hybridized carbons (Fsp3) is 0.923. The Bertz CT molecular complexity index is 251. The van der Waals surface area contributed by atoms with Gasteiger partial charge in [-0.3, -0.25) is 0 Å². The van der Waals surface area contributed by atoms with E-state index in [0.29, 0.717) is 0 Å². The van der Waals surface area contributed by atoms with Gasteiger partial charge in [0, 0.05) is 13.2 Å². The van der Waals surface area contributed by atoms with Crippen LogP contribution in [-0.4, -0.2) is 43.3 Å². The van der Waals surface area contributed by atoms with E-state index in [1.165, 1.54) is 12.8 Å². The van der Waals surface area contributed by atoms with Crippen molar-refractivity contribution in [1.29, 1.82) is 0 Å². The van der Waals surface area contributed by atoms with E-state index in [0.717, 1.165) is 25.0 Å². The first-order valence-electron chi connectivity index (χ1n) is 6.76. The molecule has 0 aromatic heterocycles. The molecule has 0 radical (unpaired) electrons. The van der Waals surface area contributed by atoms with Gasteiger partial charge in [0.1, 0.15) is 0 Å². The van der Waals surface area contributed by atoms with Crippen molar-refractivity contribution in [3.63, 3.8) is 0 Å². The Balaban J connectivity index is 2.29. The first-order chi connectivity index (χ1) is 8.67. The van der Waals surface area contributed by atoms with E-state index in [4.69, 9.17) is 4.74 Å². The quantitative estimate of drug-likeness (QED) is 0.782. The summed E-state index contributed by atoms with van der Waals surface area (Å²) in [7, 11) is 1.73. The zero-order valence-electron chi connectivity index (χ0n) is 11.7. The molecule has 3 atom stereocenters. The van der Waals surface area contributed by atoms with Gasteiger partial charge >= 0.3 is 6.03 Å². The van der Waals surface area contributed by atoms with Crippen molar-refractivity contribution in [3.8, 4) is 0 Å². The molecular weight excluding hydrogens is 248 g/mol. The first-order valence-corrected chi connectivity index (χ1v) is 8.15. The fourth-order valence-electron chi connectivity index (χ4n) is 2.34. The van der Waals surface area contributed by atoms with Crippen molar-refractivity contribution in [3.05, 3.63) is 0 Å². The third-order valence-electron chi connectivity index (χ3n) is 3.45. The minimum Gasteiger partial charge on any atom is -0.379 e. The summed E-state index contributed by atoms with van der Waals surface area (Å²) in [5.41, 5.74) is 0. The lowest BCUT2D eigenvalue weighted by Gasteiger charge is -2.31.